The lowest BCUT2D eigenvalue weighted by molar-refractivity contribution is -0.136. The average Bonchev–Trinajstić information content (AvgIpc) is 2.37. The molecule has 104 valence electrons. The highest BCUT2D eigenvalue weighted by Gasteiger charge is 2.12. The van der Waals surface area contributed by atoms with Crippen LogP contribution in [0.4, 0.5) is 5.69 Å². The molecule has 0 heterocycles. The van der Waals surface area contributed by atoms with E-state index in [-0.39, 0.29) is 19.3 Å². The number of ether oxygens (including phenoxy) is 1. The molecule has 0 atom stereocenters. The molecule has 19 heavy (non-hydrogen) atoms. The van der Waals surface area contributed by atoms with Gasteiger partial charge in [0.25, 0.3) is 0 Å². The number of carbonyl (C=O) groups is 2. The molecule has 0 aromatic heterocycles. The molecule has 0 spiro atoms. The normalized spacial score (nSPS) is 10.1. The summed E-state index contributed by atoms with van der Waals surface area (Å²) in [6.45, 7) is 3.68. The Balaban J connectivity index is 2.53. The molecular weight excluding hydrogens is 248 g/mol. The van der Waals surface area contributed by atoms with Gasteiger partial charge >= 0.3 is 11.8 Å². The van der Waals surface area contributed by atoms with Gasteiger partial charge in [0, 0.05) is 12.2 Å². The van der Waals surface area contributed by atoms with Crippen molar-refractivity contribution < 1.29 is 19.4 Å². The maximum atomic E-state index is 11.4. The quantitative estimate of drug-likeness (QED) is 0.678. The first kappa shape index (κ1) is 15.0. The number of hydrogen-bond donors (Lipinski definition) is 3. The summed E-state index contributed by atoms with van der Waals surface area (Å²) in [6.07, 6.45) is 0.0738. The number of rotatable bonds is 5. The van der Waals surface area contributed by atoms with E-state index in [1.54, 1.807) is 24.3 Å². The summed E-state index contributed by atoms with van der Waals surface area (Å²) in [5.74, 6) is -0.861. The minimum Gasteiger partial charge on any atom is -0.491 e. The third-order valence-electron chi connectivity index (χ3n) is 2.09. The molecule has 0 aliphatic rings. The van der Waals surface area contributed by atoms with Crippen LogP contribution in [0.3, 0.4) is 0 Å². The molecule has 0 saturated heterocycles. The van der Waals surface area contributed by atoms with Crippen molar-refractivity contribution >= 4 is 17.5 Å². The molecule has 2 amide bonds. The fourth-order valence-electron chi connectivity index (χ4n) is 1.33. The largest absolute Gasteiger partial charge is 0.491 e. The van der Waals surface area contributed by atoms with Crippen LogP contribution < -0.4 is 15.4 Å². The van der Waals surface area contributed by atoms with Crippen molar-refractivity contribution in [3.8, 4) is 5.75 Å². The molecule has 0 radical (unpaired) electrons. The Morgan fingerprint density at radius 1 is 1.21 bits per heavy atom. The summed E-state index contributed by atoms with van der Waals surface area (Å²) < 4.78 is 5.45. The van der Waals surface area contributed by atoms with Gasteiger partial charge in [-0.3, -0.25) is 9.59 Å². The van der Waals surface area contributed by atoms with Crippen LogP contribution in [0.5, 0.6) is 5.75 Å². The van der Waals surface area contributed by atoms with Crippen LogP contribution in [0.1, 0.15) is 13.8 Å². The van der Waals surface area contributed by atoms with Gasteiger partial charge in [0.1, 0.15) is 5.75 Å². The summed E-state index contributed by atoms with van der Waals surface area (Å²) in [6, 6.07) is 6.71. The van der Waals surface area contributed by atoms with Gasteiger partial charge in [0.15, 0.2) is 0 Å². The van der Waals surface area contributed by atoms with Gasteiger partial charge in [0.2, 0.25) is 0 Å². The van der Waals surface area contributed by atoms with Crippen molar-refractivity contribution in [2.24, 2.45) is 0 Å². The van der Waals surface area contributed by atoms with Gasteiger partial charge < -0.3 is 20.5 Å². The van der Waals surface area contributed by atoms with Gasteiger partial charge in [-0.25, -0.2) is 0 Å². The van der Waals surface area contributed by atoms with E-state index in [0.717, 1.165) is 0 Å². The van der Waals surface area contributed by atoms with Gasteiger partial charge in [-0.2, -0.15) is 0 Å². The first-order valence-corrected chi connectivity index (χ1v) is 5.99. The van der Waals surface area contributed by atoms with Crippen LogP contribution in [0.15, 0.2) is 24.3 Å². The topological polar surface area (TPSA) is 87.7 Å². The van der Waals surface area contributed by atoms with Crippen LogP contribution in [0, 0.1) is 0 Å². The molecule has 0 unspecified atom stereocenters. The van der Waals surface area contributed by atoms with E-state index in [4.69, 9.17) is 9.84 Å². The van der Waals surface area contributed by atoms with E-state index in [1.165, 1.54) is 0 Å². The van der Waals surface area contributed by atoms with Crippen molar-refractivity contribution in [2.45, 2.75) is 20.0 Å². The van der Waals surface area contributed by atoms with Crippen molar-refractivity contribution in [1.29, 1.82) is 0 Å². The number of hydrogen-bond acceptors (Lipinski definition) is 4. The molecule has 0 aliphatic carbocycles. The molecule has 1 rings (SSSR count). The number of amides is 2. The standard InChI is InChI=1S/C13H18N2O4/c1-9(2)19-11-5-3-10(4-6-11)15-13(18)12(17)14-7-8-16/h3-6,9,16H,7-8H2,1-2H3,(H,14,17)(H,15,18). The predicted octanol–water partition coefficient (Wildman–Crippen LogP) is 0.521. The Hall–Kier alpha value is -2.08. The van der Waals surface area contributed by atoms with Gasteiger partial charge in [-0.05, 0) is 38.1 Å². The number of nitrogens with one attached hydrogen (secondary N) is 2. The summed E-state index contributed by atoms with van der Waals surface area (Å²) in [5.41, 5.74) is 0.500. The lowest BCUT2D eigenvalue weighted by Gasteiger charge is -2.10. The zero-order chi connectivity index (χ0) is 14.3. The number of carbonyl (C=O) groups excluding carboxylic acids is 2. The van der Waals surface area contributed by atoms with Gasteiger partial charge in [-0.1, -0.05) is 0 Å². The SMILES string of the molecule is CC(C)Oc1ccc(NC(=O)C(=O)NCCO)cc1. The molecule has 6 heteroatoms. The second kappa shape index (κ2) is 7.38. The number of anilines is 1. The average molecular weight is 266 g/mol. The fourth-order valence-corrected chi connectivity index (χ4v) is 1.33. The Bertz CT molecular complexity index is 429. The summed E-state index contributed by atoms with van der Waals surface area (Å²) in [5, 5.41) is 13.2. The third kappa shape index (κ3) is 5.39. The van der Waals surface area contributed by atoms with E-state index in [2.05, 4.69) is 10.6 Å². The zero-order valence-electron chi connectivity index (χ0n) is 11.0. The monoisotopic (exact) mass is 266 g/mol. The second-order valence-electron chi connectivity index (χ2n) is 4.12. The number of aliphatic hydroxyl groups excluding tert-OH is 1. The first-order valence-electron chi connectivity index (χ1n) is 5.99. The fraction of sp³-hybridized carbons (Fsp3) is 0.385. The Labute approximate surface area is 111 Å². The summed E-state index contributed by atoms with van der Waals surface area (Å²) in [4.78, 5) is 22.7. The zero-order valence-corrected chi connectivity index (χ0v) is 11.0. The molecule has 6 nitrogen and oxygen atoms in total. The van der Waals surface area contributed by atoms with E-state index >= 15 is 0 Å². The highest BCUT2D eigenvalue weighted by molar-refractivity contribution is 6.39. The number of benzene rings is 1. The van der Waals surface area contributed by atoms with Crippen molar-refractivity contribution in [1.82, 2.24) is 5.32 Å². The lowest BCUT2D eigenvalue weighted by atomic mass is 10.3. The molecule has 0 fully saturated rings. The predicted molar refractivity (Wildman–Crippen MR) is 70.9 cm³/mol. The van der Waals surface area contributed by atoms with Crippen molar-refractivity contribution in [2.75, 3.05) is 18.5 Å². The lowest BCUT2D eigenvalue weighted by Crippen LogP contribution is -2.36. The van der Waals surface area contributed by atoms with Crippen LogP contribution in [0.2, 0.25) is 0 Å². The van der Waals surface area contributed by atoms with Crippen molar-refractivity contribution in [3.63, 3.8) is 0 Å². The summed E-state index contributed by atoms with van der Waals surface area (Å²) in [7, 11) is 0. The Morgan fingerprint density at radius 3 is 2.37 bits per heavy atom. The molecule has 0 saturated carbocycles. The Kier molecular flexibility index (Phi) is 5.81. The van der Waals surface area contributed by atoms with Crippen molar-refractivity contribution in [3.05, 3.63) is 24.3 Å². The van der Waals surface area contributed by atoms with Crippen LogP contribution in [0.25, 0.3) is 0 Å². The van der Waals surface area contributed by atoms with Gasteiger partial charge in [0.05, 0.1) is 12.7 Å². The van der Waals surface area contributed by atoms with Crippen LogP contribution in [-0.2, 0) is 9.59 Å². The van der Waals surface area contributed by atoms with E-state index in [1.807, 2.05) is 13.8 Å². The minimum absolute atomic E-state index is 0.0490. The molecule has 1 aromatic carbocycles. The highest BCUT2D eigenvalue weighted by Crippen LogP contribution is 2.16. The second-order valence-corrected chi connectivity index (χ2v) is 4.12. The van der Waals surface area contributed by atoms with Crippen LogP contribution in [-0.4, -0.2) is 36.2 Å². The maximum Gasteiger partial charge on any atom is 0.313 e. The molecule has 1 aromatic rings. The maximum absolute atomic E-state index is 11.4. The van der Waals surface area contributed by atoms with E-state index < -0.39 is 11.8 Å². The van der Waals surface area contributed by atoms with E-state index in [0.29, 0.717) is 11.4 Å². The molecule has 0 bridgehead atoms. The Morgan fingerprint density at radius 2 is 1.84 bits per heavy atom. The third-order valence-corrected chi connectivity index (χ3v) is 2.09. The first-order chi connectivity index (χ1) is 9.02. The molecule has 3 N–H and O–H groups in total. The summed E-state index contributed by atoms with van der Waals surface area (Å²) >= 11 is 0. The molecular formula is C13H18N2O4. The van der Waals surface area contributed by atoms with E-state index in [9.17, 15) is 9.59 Å². The molecule has 0 aliphatic heterocycles. The smallest absolute Gasteiger partial charge is 0.313 e. The highest BCUT2D eigenvalue weighted by atomic mass is 16.5. The van der Waals surface area contributed by atoms with Crippen LogP contribution >= 0.6 is 0 Å². The minimum atomic E-state index is -0.781. The van der Waals surface area contributed by atoms with Gasteiger partial charge in [-0.15, -0.1) is 0 Å². The number of aliphatic hydroxyl groups is 1.